The van der Waals surface area contributed by atoms with E-state index in [4.69, 9.17) is 9.40 Å². The minimum Gasteiger partial charge on any atom is -0.481 e. The molecule has 0 aliphatic carbocycles. The summed E-state index contributed by atoms with van der Waals surface area (Å²) in [5.74, 6) is -2.19. The molecule has 0 radical (unpaired) electrons. The number of rotatable bonds is 4. The highest BCUT2D eigenvalue weighted by atomic mass is 32.2. The summed E-state index contributed by atoms with van der Waals surface area (Å²) >= 11 is 0. The van der Waals surface area contributed by atoms with Crippen molar-refractivity contribution in [2.45, 2.75) is 75.0 Å². The molecule has 1 aliphatic rings. The number of aromatic amines is 1. The molecule has 1 aliphatic heterocycles. The van der Waals surface area contributed by atoms with E-state index in [-0.39, 0.29) is 33.6 Å². The maximum Gasteiger partial charge on any atom is 0.306 e. The Balaban J connectivity index is 1.48. The van der Waals surface area contributed by atoms with E-state index in [1.165, 1.54) is 12.3 Å². The predicted octanol–water partition coefficient (Wildman–Crippen LogP) is 7.26. The van der Waals surface area contributed by atoms with E-state index in [1.807, 2.05) is 38.1 Å². The van der Waals surface area contributed by atoms with E-state index in [0.717, 1.165) is 11.1 Å². The van der Waals surface area contributed by atoms with Crippen LogP contribution in [-0.2, 0) is 43.7 Å². The van der Waals surface area contributed by atoms with Gasteiger partial charge >= 0.3 is 5.97 Å². The number of nitrogens with one attached hydrogen (secondary N) is 1. The number of fused-ring (bicyclic) bond motifs is 8. The molecular weight excluding hydrogens is 666 g/mol. The zero-order chi connectivity index (χ0) is 35.1. The molecule has 6 rings (SSSR count). The lowest BCUT2D eigenvalue weighted by atomic mass is 9.73. The van der Waals surface area contributed by atoms with E-state index >= 15 is 4.39 Å². The number of nitrogens with zero attached hydrogens (tertiary/aromatic N) is 2. The lowest BCUT2D eigenvalue weighted by Crippen LogP contribution is -2.29. The van der Waals surface area contributed by atoms with Crippen LogP contribution < -0.4 is 0 Å². The van der Waals surface area contributed by atoms with E-state index in [0.29, 0.717) is 53.5 Å². The fraction of sp³-hybridized carbons (Fsp3) is 0.378. The normalized spacial score (nSPS) is 21.7. The van der Waals surface area contributed by atoms with Gasteiger partial charge in [0.25, 0.3) is 0 Å². The number of carboxylic acid groups (broad SMARTS) is 1. The molecule has 0 saturated carbocycles. The van der Waals surface area contributed by atoms with Crippen molar-refractivity contribution in [1.82, 2.24) is 15.0 Å². The summed E-state index contributed by atoms with van der Waals surface area (Å²) in [5.41, 5.74) is 2.38. The van der Waals surface area contributed by atoms with Gasteiger partial charge in [-0.25, -0.2) is 22.0 Å². The van der Waals surface area contributed by atoms with Crippen LogP contribution in [0.4, 0.5) is 4.39 Å². The highest BCUT2D eigenvalue weighted by Gasteiger charge is 2.35. The van der Waals surface area contributed by atoms with Crippen molar-refractivity contribution in [3.05, 3.63) is 95.4 Å². The zero-order valence-electron chi connectivity index (χ0n) is 28.0. The quantitative estimate of drug-likeness (QED) is 0.199. The maximum absolute atomic E-state index is 15.8. The molecule has 0 fully saturated rings. The van der Waals surface area contributed by atoms with E-state index in [9.17, 15) is 22.5 Å². The molecule has 258 valence electrons. The molecule has 12 heteroatoms. The number of aryl methyl sites for hydroxylation is 1. The van der Waals surface area contributed by atoms with Gasteiger partial charge in [-0.3, -0.25) is 9.78 Å². The van der Waals surface area contributed by atoms with Crippen LogP contribution in [0.2, 0.25) is 0 Å². The number of halogens is 1. The highest BCUT2D eigenvalue weighted by molar-refractivity contribution is 7.91. The molecule has 0 saturated heterocycles. The average molecular weight is 706 g/mol. The molecule has 4 heterocycles. The number of hydrogen-bond acceptors (Lipinski definition) is 7. The summed E-state index contributed by atoms with van der Waals surface area (Å²) < 4.78 is 63.2. The molecule has 9 nitrogen and oxygen atoms in total. The number of aromatic nitrogens is 3. The smallest absolute Gasteiger partial charge is 0.306 e. The van der Waals surface area contributed by atoms with Gasteiger partial charge in [0.1, 0.15) is 17.8 Å². The third-order valence-corrected chi connectivity index (χ3v) is 13.2. The first-order chi connectivity index (χ1) is 23.2. The topological polar surface area (TPSA) is 143 Å². The summed E-state index contributed by atoms with van der Waals surface area (Å²) in [4.78, 5) is 24.1. The van der Waals surface area contributed by atoms with Gasteiger partial charge in [-0.1, -0.05) is 51.5 Å². The van der Waals surface area contributed by atoms with Crippen LogP contribution in [-0.4, -0.2) is 50.2 Å². The van der Waals surface area contributed by atoms with Crippen LogP contribution in [0.3, 0.4) is 0 Å². The molecule has 3 atom stereocenters. The van der Waals surface area contributed by atoms with Crippen LogP contribution >= 0.6 is 0 Å². The second kappa shape index (κ2) is 13.3. The van der Waals surface area contributed by atoms with E-state index < -0.39 is 49.2 Å². The Morgan fingerprint density at radius 3 is 2.71 bits per heavy atom. The lowest BCUT2D eigenvalue weighted by molar-refractivity contribution is -0.141. The monoisotopic (exact) mass is 705 g/mol. The summed E-state index contributed by atoms with van der Waals surface area (Å²) in [5, 5.41) is 10.1. The fourth-order valence-corrected chi connectivity index (χ4v) is 10.2. The van der Waals surface area contributed by atoms with Crippen molar-refractivity contribution in [2.24, 2.45) is 11.3 Å². The minimum atomic E-state index is -3.60. The number of oxazole rings is 1. The largest absolute Gasteiger partial charge is 0.481 e. The summed E-state index contributed by atoms with van der Waals surface area (Å²) in [6.07, 6.45) is 6.94. The van der Waals surface area contributed by atoms with Gasteiger partial charge in [-0.05, 0) is 79.0 Å². The standard InChI is InChI=1S/C37H40FN3O6S2/c1-23(35(42)43)17-24-7-5-8-25(18-24)37(4)13-6-12-36(2,3)22-49(45,46)16-11-28-27-10-15-39-30(27)20-29(38)33(28)48(44)26-9-14-40-31(19-26)34-41-32(37)21-47-34/h5,7-10,14-15,18-21,23,39H,6,11-13,16-17,22H2,1-4H3,(H,42,43)/t23-,37+,48?/m0/s1. The first-order valence-electron chi connectivity index (χ1n) is 16.3. The SMILES string of the molecule is C[C@@H](Cc1cccc([C@@]2(C)CCCC(C)(C)CS(=O)(=O)CCc3c(c(F)cc4[nH]ccc34)S(=O)c3ccnc(c3)-c3nc2co3)c1)C(=O)O. The molecule has 49 heavy (non-hydrogen) atoms. The number of pyridine rings is 1. The van der Waals surface area contributed by atoms with Crippen LogP contribution in [0.25, 0.3) is 22.5 Å². The Morgan fingerprint density at radius 1 is 1.14 bits per heavy atom. The summed E-state index contributed by atoms with van der Waals surface area (Å²) in [6, 6.07) is 13.9. The number of carboxylic acids is 1. The van der Waals surface area contributed by atoms with Gasteiger partial charge in [-0.15, -0.1) is 0 Å². The molecule has 1 unspecified atom stereocenters. The molecule has 5 aromatic rings. The number of aliphatic carboxylic acids is 1. The van der Waals surface area contributed by atoms with Gasteiger partial charge < -0.3 is 14.5 Å². The van der Waals surface area contributed by atoms with E-state index in [2.05, 4.69) is 16.9 Å². The van der Waals surface area contributed by atoms with Crippen molar-refractivity contribution < 1.29 is 31.3 Å². The summed E-state index contributed by atoms with van der Waals surface area (Å²) in [7, 11) is -5.62. The van der Waals surface area contributed by atoms with E-state index in [1.54, 1.807) is 37.6 Å². The van der Waals surface area contributed by atoms with Gasteiger partial charge in [0.05, 0.1) is 38.8 Å². The van der Waals surface area contributed by atoms with Crippen molar-refractivity contribution in [1.29, 1.82) is 0 Å². The first kappa shape index (κ1) is 34.7. The third kappa shape index (κ3) is 7.26. The van der Waals surface area contributed by atoms with Crippen LogP contribution in [0.5, 0.6) is 0 Å². The number of hydrogen-bond donors (Lipinski definition) is 2. The maximum atomic E-state index is 15.8. The Kier molecular flexibility index (Phi) is 9.40. The van der Waals surface area contributed by atoms with Crippen molar-refractivity contribution in [3.63, 3.8) is 0 Å². The molecule has 0 amide bonds. The second-order valence-electron chi connectivity index (χ2n) is 14.1. The van der Waals surface area contributed by atoms with Crippen LogP contribution in [0.15, 0.2) is 81.4 Å². The van der Waals surface area contributed by atoms with Gasteiger partial charge in [0.2, 0.25) is 5.89 Å². The summed E-state index contributed by atoms with van der Waals surface area (Å²) in [6.45, 7) is 7.60. The highest BCUT2D eigenvalue weighted by Crippen LogP contribution is 2.40. The molecule has 2 N–H and O–H groups in total. The van der Waals surface area contributed by atoms with Crippen LogP contribution in [0, 0.1) is 17.2 Å². The molecule has 4 bridgehead atoms. The molecular formula is C37H40FN3O6S2. The van der Waals surface area contributed by atoms with Gasteiger partial charge in [0.15, 0.2) is 9.84 Å². The third-order valence-electron chi connectivity index (χ3n) is 9.62. The fourth-order valence-electron chi connectivity index (χ4n) is 6.90. The Morgan fingerprint density at radius 2 is 1.94 bits per heavy atom. The van der Waals surface area contributed by atoms with Crippen LogP contribution in [0.1, 0.15) is 69.3 Å². The van der Waals surface area contributed by atoms with Crippen molar-refractivity contribution in [2.75, 3.05) is 11.5 Å². The second-order valence-corrected chi connectivity index (χ2v) is 17.7. The Labute approximate surface area is 287 Å². The molecule has 3 aromatic heterocycles. The average Bonchev–Trinajstić information content (AvgIpc) is 3.73. The van der Waals surface area contributed by atoms with Crippen molar-refractivity contribution in [3.8, 4) is 11.6 Å². The number of benzene rings is 2. The Bertz CT molecular complexity index is 2170. The zero-order valence-corrected chi connectivity index (χ0v) is 29.6. The lowest BCUT2D eigenvalue weighted by Gasteiger charge is -2.31. The first-order valence-corrected chi connectivity index (χ1v) is 19.3. The number of H-pyrrole nitrogens is 1. The number of sulfone groups is 1. The molecule has 0 spiro atoms. The molecule has 2 aromatic carbocycles. The van der Waals surface area contributed by atoms with Crippen molar-refractivity contribution >= 4 is 37.5 Å². The minimum absolute atomic E-state index is 0.00153. The number of carbonyl (C=O) groups is 1. The van der Waals surface area contributed by atoms with Gasteiger partial charge in [0, 0.05) is 33.6 Å². The predicted molar refractivity (Wildman–Crippen MR) is 186 cm³/mol. The Hall–Kier alpha value is -4.16. The van der Waals surface area contributed by atoms with Gasteiger partial charge in [-0.2, -0.15) is 0 Å².